The molecule has 2 N–H and O–H groups in total. The van der Waals surface area contributed by atoms with Crippen LogP contribution < -0.4 is 10.6 Å². The molecule has 0 aliphatic carbocycles. The van der Waals surface area contributed by atoms with Gasteiger partial charge >= 0.3 is 0 Å². The lowest BCUT2D eigenvalue weighted by molar-refractivity contribution is 0.686. The lowest BCUT2D eigenvalue weighted by Gasteiger charge is -2.22. The molecule has 1 aromatic carbocycles. The number of nitrogens with two attached hydrogens (primary N) is 1. The number of nitrogens with zero attached hydrogens (tertiary/aromatic N) is 1. The first kappa shape index (κ1) is 12.5. The van der Waals surface area contributed by atoms with Gasteiger partial charge in [0.2, 0.25) is 0 Å². The van der Waals surface area contributed by atoms with Gasteiger partial charge in [0.15, 0.2) is 0 Å². The Morgan fingerprint density at radius 1 is 1.40 bits per heavy atom. The third-order valence-electron chi connectivity index (χ3n) is 2.60. The lowest BCUT2D eigenvalue weighted by Crippen LogP contribution is -2.14. The van der Waals surface area contributed by atoms with E-state index in [-0.39, 0.29) is 0 Å². The zero-order valence-electron chi connectivity index (χ0n) is 9.63. The highest BCUT2D eigenvalue weighted by atomic mass is 79.9. The molecule has 15 heavy (non-hydrogen) atoms. The third kappa shape index (κ3) is 2.95. The number of rotatable bonds is 4. The first-order valence-corrected chi connectivity index (χ1v) is 6.03. The van der Waals surface area contributed by atoms with Crippen LogP contribution in [-0.4, -0.2) is 20.6 Å². The van der Waals surface area contributed by atoms with Crippen molar-refractivity contribution in [2.75, 3.05) is 25.5 Å². The highest BCUT2D eigenvalue weighted by Gasteiger charge is 2.14. The Hall–Kier alpha value is -0.540. The molecule has 0 heterocycles. The summed E-state index contributed by atoms with van der Waals surface area (Å²) < 4.78 is 1.18. The summed E-state index contributed by atoms with van der Waals surface area (Å²) in [5, 5.41) is 0. The molecule has 1 atom stereocenters. The van der Waals surface area contributed by atoms with E-state index < -0.39 is 0 Å². The molecule has 1 rings (SSSR count). The molecule has 84 valence electrons. The maximum atomic E-state index is 5.61. The summed E-state index contributed by atoms with van der Waals surface area (Å²) in [5.74, 6) is 0.489. The van der Waals surface area contributed by atoms with E-state index in [2.05, 4.69) is 60.0 Å². The van der Waals surface area contributed by atoms with E-state index in [1.165, 1.54) is 15.7 Å². The average Bonchev–Trinajstić information content (AvgIpc) is 2.17. The second-order valence-electron chi connectivity index (χ2n) is 4.05. The van der Waals surface area contributed by atoms with E-state index in [1.54, 1.807) is 0 Å². The number of hydrogen-bond donors (Lipinski definition) is 1. The van der Waals surface area contributed by atoms with Gasteiger partial charge in [-0.3, -0.25) is 0 Å². The van der Waals surface area contributed by atoms with Gasteiger partial charge in [-0.25, -0.2) is 0 Å². The third-order valence-corrected chi connectivity index (χ3v) is 3.30. The Morgan fingerprint density at radius 2 is 2.07 bits per heavy atom. The van der Waals surface area contributed by atoms with E-state index in [4.69, 9.17) is 5.73 Å². The van der Waals surface area contributed by atoms with Crippen molar-refractivity contribution in [3.8, 4) is 0 Å². The van der Waals surface area contributed by atoms with Gasteiger partial charge < -0.3 is 10.6 Å². The Morgan fingerprint density at radius 3 is 2.60 bits per heavy atom. The summed E-state index contributed by atoms with van der Waals surface area (Å²) in [7, 11) is 4.14. The molecule has 0 fully saturated rings. The van der Waals surface area contributed by atoms with Crippen molar-refractivity contribution in [3.63, 3.8) is 0 Å². The summed E-state index contributed by atoms with van der Waals surface area (Å²) in [6.07, 6.45) is 1.02. The van der Waals surface area contributed by atoms with Crippen molar-refractivity contribution < 1.29 is 0 Å². The van der Waals surface area contributed by atoms with Gasteiger partial charge in [0.1, 0.15) is 0 Å². The van der Waals surface area contributed by atoms with Crippen LogP contribution in [0.5, 0.6) is 0 Å². The quantitative estimate of drug-likeness (QED) is 0.912. The number of halogens is 1. The topological polar surface area (TPSA) is 29.3 Å². The van der Waals surface area contributed by atoms with E-state index in [0.29, 0.717) is 5.92 Å². The largest absolute Gasteiger partial charge is 0.377 e. The highest BCUT2D eigenvalue weighted by Crippen LogP contribution is 2.34. The number of anilines is 1. The number of hydrogen-bond acceptors (Lipinski definition) is 2. The van der Waals surface area contributed by atoms with Crippen molar-refractivity contribution in [3.05, 3.63) is 28.2 Å². The SMILES string of the molecule is CC(CCN)c1c(Br)cccc1N(C)C. The van der Waals surface area contributed by atoms with E-state index in [9.17, 15) is 0 Å². The fourth-order valence-corrected chi connectivity index (χ4v) is 2.54. The van der Waals surface area contributed by atoms with Gasteiger partial charge in [0, 0.05) is 24.3 Å². The Balaban J connectivity index is 3.12. The minimum absolute atomic E-state index is 0.489. The standard InChI is InChI=1S/C12H19BrN2/c1-9(7-8-14)12-10(13)5-4-6-11(12)15(2)3/h4-6,9H,7-8,14H2,1-3H3. The van der Waals surface area contributed by atoms with Crippen LogP contribution in [0.15, 0.2) is 22.7 Å². The fourth-order valence-electron chi connectivity index (χ4n) is 1.80. The molecule has 0 bridgehead atoms. The van der Waals surface area contributed by atoms with Gasteiger partial charge in [0.25, 0.3) is 0 Å². The van der Waals surface area contributed by atoms with Gasteiger partial charge in [-0.1, -0.05) is 28.9 Å². The van der Waals surface area contributed by atoms with E-state index in [0.717, 1.165) is 13.0 Å². The fraction of sp³-hybridized carbons (Fsp3) is 0.500. The maximum Gasteiger partial charge on any atom is 0.0407 e. The molecule has 1 unspecified atom stereocenters. The molecular weight excluding hydrogens is 252 g/mol. The zero-order chi connectivity index (χ0) is 11.4. The normalized spacial score (nSPS) is 12.6. The maximum absolute atomic E-state index is 5.61. The smallest absolute Gasteiger partial charge is 0.0407 e. The summed E-state index contributed by atoms with van der Waals surface area (Å²) in [4.78, 5) is 2.15. The lowest BCUT2D eigenvalue weighted by atomic mass is 9.96. The van der Waals surface area contributed by atoms with Crippen molar-refractivity contribution in [1.29, 1.82) is 0 Å². The van der Waals surface area contributed by atoms with Crippen LogP contribution in [0.4, 0.5) is 5.69 Å². The monoisotopic (exact) mass is 270 g/mol. The first-order valence-electron chi connectivity index (χ1n) is 5.23. The van der Waals surface area contributed by atoms with Crippen molar-refractivity contribution in [1.82, 2.24) is 0 Å². The second kappa shape index (κ2) is 5.52. The molecule has 0 aliphatic rings. The van der Waals surface area contributed by atoms with E-state index >= 15 is 0 Å². The zero-order valence-corrected chi connectivity index (χ0v) is 11.2. The highest BCUT2D eigenvalue weighted by molar-refractivity contribution is 9.10. The van der Waals surface area contributed by atoms with Crippen LogP contribution in [0.3, 0.4) is 0 Å². The molecule has 2 nitrogen and oxygen atoms in total. The summed E-state index contributed by atoms with van der Waals surface area (Å²) >= 11 is 3.62. The molecule has 0 saturated carbocycles. The van der Waals surface area contributed by atoms with Crippen molar-refractivity contribution in [2.24, 2.45) is 5.73 Å². The van der Waals surface area contributed by atoms with Gasteiger partial charge in [-0.15, -0.1) is 0 Å². The molecule has 0 aliphatic heterocycles. The van der Waals surface area contributed by atoms with Gasteiger partial charge in [0.05, 0.1) is 0 Å². The molecule has 1 aromatic rings. The molecule has 0 spiro atoms. The average molecular weight is 271 g/mol. The summed E-state index contributed by atoms with van der Waals surface area (Å²) in [6, 6.07) is 6.31. The van der Waals surface area contributed by atoms with E-state index in [1.807, 2.05) is 0 Å². The van der Waals surface area contributed by atoms with Crippen LogP contribution in [0.25, 0.3) is 0 Å². The van der Waals surface area contributed by atoms with Gasteiger partial charge in [-0.05, 0) is 36.6 Å². The predicted octanol–water partition coefficient (Wildman–Crippen LogP) is 2.97. The van der Waals surface area contributed by atoms with Crippen LogP contribution in [-0.2, 0) is 0 Å². The molecule has 0 aromatic heterocycles. The van der Waals surface area contributed by atoms with Gasteiger partial charge in [-0.2, -0.15) is 0 Å². The van der Waals surface area contributed by atoms with Crippen LogP contribution >= 0.6 is 15.9 Å². The van der Waals surface area contributed by atoms with Crippen LogP contribution in [0.1, 0.15) is 24.8 Å². The molecular formula is C12H19BrN2. The number of benzene rings is 1. The van der Waals surface area contributed by atoms with Crippen LogP contribution in [0, 0.1) is 0 Å². The minimum atomic E-state index is 0.489. The Bertz CT molecular complexity index is 323. The first-order chi connectivity index (χ1) is 7.07. The minimum Gasteiger partial charge on any atom is -0.377 e. The molecule has 0 amide bonds. The second-order valence-corrected chi connectivity index (χ2v) is 4.90. The Labute approximate surface area is 101 Å². The van der Waals surface area contributed by atoms with Crippen molar-refractivity contribution >= 4 is 21.6 Å². The molecule has 0 saturated heterocycles. The van der Waals surface area contributed by atoms with Crippen molar-refractivity contribution in [2.45, 2.75) is 19.3 Å². The predicted molar refractivity (Wildman–Crippen MR) is 70.6 cm³/mol. The summed E-state index contributed by atoms with van der Waals surface area (Å²) in [6.45, 7) is 2.95. The summed E-state index contributed by atoms with van der Waals surface area (Å²) in [5.41, 5.74) is 8.24. The molecule has 3 heteroatoms. The van der Waals surface area contributed by atoms with Crippen LogP contribution in [0.2, 0.25) is 0 Å². The molecule has 0 radical (unpaired) electrons. The Kier molecular flexibility index (Phi) is 4.61.